The van der Waals surface area contributed by atoms with E-state index in [1.807, 2.05) is 12.1 Å². The van der Waals surface area contributed by atoms with Crippen LogP contribution in [0.25, 0.3) is 0 Å². The lowest BCUT2D eigenvalue weighted by molar-refractivity contribution is 1.45. The van der Waals surface area contributed by atoms with Crippen LogP contribution >= 0.6 is 11.8 Å². The Balaban J connectivity index is 1.95. The average Bonchev–Trinajstić information content (AvgIpc) is 2.64. The molecule has 0 saturated heterocycles. The summed E-state index contributed by atoms with van der Waals surface area (Å²) in [4.78, 5) is 1.26. The second kappa shape index (κ2) is 7.76. The van der Waals surface area contributed by atoms with Gasteiger partial charge in [-0.1, -0.05) is 77.5 Å². The highest BCUT2D eigenvalue weighted by atomic mass is 32.2. The zero-order valence-corrected chi connectivity index (χ0v) is 13.9. The first-order valence-corrected chi connectivity index (χ1v) is 8.85. The van der Waals surface area contributed by atoms with Gasteiger partial charge in [0.15, 0.2) is 0 Å². The van der Waals surface area contributed by atoms with Crippen molar-refractivity contribution in [1.82, 2.24) is 0 Å². The van der Waals surface area contributed by atoms with Gasteiger partial charge in [-0.2, -0.15) is 0 Å². The lowest BCUT2D eigenvalue weighted by Gasteiger charge is -2.07. The van der Waals surface area contributed by atoms with E-state index in [2.05, 4.69) is 90.8 Å². The predicted octanol–water partition coefficient (Wildman–Crippen LogP) is 3.61. The molecule has 3 aromatic rings. The smallest absolute Gasteiger partial charge is 0.137 e. The van der Waals surface area contributed by atoms with Crippen molar-refractivity contribution in [2.45, 2.75) is 4.90 Å². The zero-order valence-electron chi connectivity index (χ0n) is 13.1. The van der Waals surface area contributed by atoms with Crippen LogP contribution in [0.15, 0.2) is 89.8 Å². The summed E-state index contributed by atoms with van der Waals surface area (Å²) < 4.78 is 0. The summed E-state index contributed by atoms with van der Waals surface area (Å²) in [6, 6.07) is 29.3. The molecule has 0 nitrogen and oxygen atoms in total. The van der Waals surface area contributed by atoms with Crippen LogP contribution in [0, 0.1) is 11.7 Å². The molecule has 0 amide bonds. The minimum Gasteiger partial charge on any atom is -0.137 e. The molecule has 0 N–H and O–H groups in total. The predicted molar refractivity (Wildman–Crippen MR) is 103 cm³/mol. The van der Waals surface area contributed by atoms with Crippen LogP contribution in [-0.4, -0.2) is 13.0 Å². The molecule has 0 unspecified atom stereocenters. The van der Waals surface area contributed by atoms with Gasteiger partial charge in [-0.05, 0) is 30.5 Å². The van der Waals surface area contributed by atoms with Crippen LogP contribution < -0.4 is 10.9 Å². The van der Waals surface area contributed by atoms with E-state index in [0.29, 0.717) is 0 Å². The summed E-state index contributed by atoms with van der Waals surface area (Å²) in [5.41, 5.74) is 3.51. The molecule has 23 heavy (non-hydrogen) atoms. The van der Waals surface area contributed by atoms with Gasteiger partial charge < -0.3 is 0 Å². The van der Waals surface area contributed by atoms with E-state index in [-0.39, 0.29) is 6.71 Å². The number of rotatable bonds is 3. The van der Waals surface area contributed by atoms with Crippen LogP contribution in [-0.2, 0) is 0 Å². The Bertz CT molecular complexity index is 760. The van der Waals surface area contributed by atoms with Gasteiger partial charge in [0.1, 0.15) is 0 Å². The minimum atomic E-state index is 0.0950. The third-order valence-electron chi connectivity index (χ3n) is 3.72. The van der Waals surface area contributed by atoms with Crippen molar-refractivity contribution >= 4 is 29.4 Å². The molecule has 0 heterocycles. The molecular formula is C21H17BS. The third kappa shape index (κ3) is 4.09. The van der Waals surface area contributed by atoms with Gasteiger partial charge in [0, 0.05) is 10.5 Å². The fourth-order valence-corrected chi connectivity index (χ4v) is 2.89. The number of hydrogen-bond donors (Lipinski definition) is 0. The summed E-state index contributed by atoms with van der Waals surface area (Å²) in [6.45, 7) is 0.0950. The monoisotopic (exact) mass is 312 g/mol. The van der Waals surface area contributed by atoms with E-state index in [4.69, 9.17) is 0 Å². The van der Waals surface area contributed by atoms with Gasteiger partial charge >= 0.3 is 0 Å². The summed E-state index contributed by atoms with van der Waals surface area (Å²) in [5.74, 6) is 6.78. The SMILES string of the molecule is CSc1ccc(C#CB(c2ccccc2)c2ccccc2)cc1. The Labute approximate surface area is 143 Å². The Morgan fingerprint density at radius 3 is 1.70 bits per heavy atom. The molecule has 0 atom stereocenters. The molecule has 110 valence electrons. The fraction of sp³-hybridized carbons (Fsp3) is 0.0476. The van der Waals surface area contributed by atoms with Crippen LogP contribution in [0.3, 0.4) is 0 Å². The molecule has 0 spiro atoms. The highest BCUT2D eigenvalue weighted by molar-refractivity contribution is 7.98. The molecule has 0 aliphatic rings. The van der Waals surface area contributed by atoms with E-state index in [1.54, 1.807) is 11.8 Å². The molecular weight excluding hydrogens is 295 g/mol. The van der Waals surface area contributed by atoms with Gasteiger partial charge in [0.2, 0.25) is 0 Å². The standard InChI is InChI=1S/C21H17BS/c1-23-21-14-12-18(13-15-21)16-17-22(19-8-4-2-5-9-19)20-10-6-3-7-11-20/h2-15H,1H3. The summed E-state index contributed by atoms with van der Waals surface area (Å²) in [6.07, 6.45) is 2.08. The first kappa shape index (κ1) is 15.5. The van der Waals surface area contributed by atoms with Crippen molar-refractivity contribution in [3.05, 3.63) is 90.5 Å². The van der Waals surface area contributed by atoms with Crippen molar-refractivity contribution < 1.29 is 0 Å². The van der Waals surface area contributed by atoms with Crippen LogP contribution in [0.2, 0.25) is 0 Å². The molecule has 0 radical (unpaired) electrons. The maximum atomic E-state index is 3.45. The van der Waals surface area contributed by atoms with Crippen molar-refractivity contribution in [2.24, 2.45) is 0 Å². The molecule has 2 heteroatoms. The lowest BCUT2D eigenvalue weighted by atomic mass is 9.41. The highest BCUT2D eigenvalue weighted by Gasteiger charge is 2.16. The van der Waals surface area contributed by atoms with E-state index >= 15 is 0 Å². The van der Waals surface area contributed by atoms with E-state index < -0.39 is 0 Å². The average molecular weight is 312 g/mol. The van der Waals surface area contributed by atoms with Gasteiger partial charge in [-0.25, -0.2) is 0 Å². The fourth-order valence-electron chi connectivity index (χ4n) is 2.48. The lowest BCUT2D eigenvalue weighted by Crippen LogP contribution is -2.41. The number of thioether (sulfide) groups is 1. The molecule has 0 aliphatic carbocycles. The Hall–Kier alpha value is -2.37. The molecule has 3 rings (SSSR count). The normalized spacial score (nSPS) is 9.78. The Morgan fingerprint density at radius 2 is 1.22 bits per heavy atom. The molecule has 0 aliphatic heterocycles. The number of benzene rings is 3. The topological polar surface area (TPSA) is 0 Å². The van der Waals surface area contributed by atoms with Gasteiger partial charge in [-0.3, -0.25) is 0 Å². The van der Waals surface area contributed by atoms with E-state index in [9.17, 15) is 0 Å². The van der Waals surface area contributed by atoms with Crippen molar-refractivity contribution in [1.29, 1.82) is 0 Å². The highest BCUT2D eigenvalue weighted by Crippen LogP contribution is 2.14. The molecule has 0 bridgehead atoms. The van der Waals surface area contributed by atoms with Crippen molar-refractivity contribution in [3.8, 4) is 11.7 Å². The summed E-state index contributed by atoms with van der Waals surface area (Å²) >= 11 is 1.75. The molecule has 3 aromatic carbocycles. The quantitative estimate of drug-likeness (QED) is 0.404. The second-order valence-electron chi connectivity index (χ2n) is 5.25. The zero-order chi connectivity index (χ0) is 15.9. The molecule has 0 aromatic heterocycles. The largest absolute Gasteiger partial charge is 0.296 e. The first-order valence-electron chi connectivity index (χ1n) is 7.62. The molecule has 0 saturated carbocycles. The van der Waals surface area contributed by atoms with Gasteiger partial charge in [0.05, 0.1) is 0 Å². The van der Waals surface area contributed by atoms with Crippen LogP contribution in [0.1, 0.15) is 5.56 Å². The van der Waals surface area contributed by atoms with Gasteiger partial charge in [-0.15, -0.1) is 17.6 Å². The van der Waals surface area contributed by atoms with Crippen molar-refractivity contribution in [3.63, 3.8) is 0 Å². The van der Waals surface area contributed by atoms with Gasteiger partial charge in [0.25, 0.3) is 6.71 Å². The van der Waals surface area contributed by atoms with E-state index in [1.165, 1.54) is 15.8 Å². The van der Waals surface area contributed by atoms with E-state index in [0.717, 1.165) is 5.56 Å². The maximum absolute atomic E-state index is 3.45. The third-order valence-corrected chi connectivity index (χ3v) is 4.46. The van der Waals surface area contributed by atoms with Crippen LogP contribution in [0.4, 0.5) is 0 Å². The summed E-state index contributed by atoms with van der Waals surface area (Å²) in [7, 11) is 0. The van der Waals surface area contributed by atoms with Crippen LogP contribution in [0.5, 0.6) is 0 Å². The maximum Gasteiger partial charge on any atom is 0.296 e. The Morgan fingerprint density at radius 1 is 0.696 bits per heavy atom. The number of hydrogen-bond acceptors (Lipinski definition) is 1. The first-order chi connectivity index (χ1) is 11.4. The Kier molecular flexibility index (Phi) is 5.24. The molecule has 0 fully saturated rings. The van der Waals surface area contributed by atoms with Crippen molar-refractivity contribution in [2.75, 3.05) is 6.26 Å². The summed E-state index contributed by atoms with van der Waals surface area (Å²) in [5, 5.41) is 0. The minimum absolute atomic E-state index is 0.0950. The second-order valence-corrected chi connectivity index (χ2v) is 6.13.